The summed E-state index contributed by atoms with van der Waals surface area (Å²) >= 11 is 0. The van der Waals surface area contributed by atoms with Crippen molar-refractivity contribution in [3.8, 4) is 5.69 Å². The summed E-state index contributed by atoms with van der Waals surface area (Å²) < 4.78 is 1.64. The first-order valence-electron chi connectivity index (χ1n) is 5.49. The summed E-state index contributed by atoms with van der Waals surface area (Å²) in [5, 5.41) is 6.93. The van der Waals surface area contributed by atoms with E-state index in [2.05, 4.69) is 10.4 Å². The van der Waals surface area contributed by atoms with E-state index in [4.69, 9.17) is 0 Å². The molecule has 5 heteroatoms. The lowest BCUT2D eigenvalue weighted by Gasteiger charge is -2.04. The molecule has 5 nitrogen and oxygen atoms in total. The van der Waals surface area contributed by atoms with E-state index in [9.17, 15) is 9.59 Å². The van der Waals surface area contributed by atoms with Crippen LogP contribution in [0.25, 0.3) is 5.69 Å². The highest BCUT2D eigenvalue weighted by molar-refractivity contribution is 5.88. The summed E-state index contributed by atoms with van der Waals surface area (Å²) in [5.41, 5.74) is 2.82. The van der Waals surface area contributed by atoms with E-state index < -0.39 is 0 Å². The van der Waals surface area contributed by atoms with Gasteiger partial charge in [0.25, 0.3) is 0 Å². The van der Waals surface area contributed by atoms with Crippen LogP contribution in [-0.4, -0.2) is 22.0 Å². The Morgan fingerprint density at radius 1 is 1.33 bits per heavy atom. The molecule has 0 saturated heterocycles. The van der Waals surface area contributed by atoms with Crippen molar-refractivity contribution in [3.63, 3.8) is 0 Å². The number of nitrogens with zero attached hydrogens (tertiary/aromatic N) is 2. The molecule has 1 amide bonds. The predicted octanol–water partition coefficient (Wildman–Crippen LogP) is 1.95. The largest absolute Gasteiger partial charge is 0.326 e. The lowest BCUT2D eigenvalue weighted by atomic mass is 10.2. The zero-order chi connectivity index (χ0) is 13.1. The minimum Gasteiger partial charge on any atom is -0.326 e. The van der Waals surface area contributed by atoms with Crippen molar-refractivity contribution in [3.05, 3.63) is 41.7 Å². The average molecular weight is 243 g/mol. The molecule has 0 fully saturated rings. The number of carbonyl (C=O) groups is 2. The van der Waals surface area contributed by atoms with Crippen molar-refractivity contribution < 1.29 is 9.59 Å². The molecule has 0 aliphatic rings. The second-order valence-corrected chi connectivity index (χ2v) is 3.96. The van der Waals surface area contributed by atoms with Crippen LogP contribution in [0.15, 0.2) is 30.5 Å². The quantitative estimate of drug-likeness (QED) is 0.838. The Labute approximate surface area is 104 Å². The molecular weight excluding hydrogens is 230 g/mol. The minimum absolute atomic E-state index is 0.110. The van der Waals surface area contributed by atoms with E-state index >= 15 is 0 Å². The molecule has 0 aliphatic carbocycles. The number of aldehydes is 1. The second-order valence-electron chi connectivity index (χ2n) is 3.96. The maximum Gasteiger partial charge on any atom is 0.221 e. The van der Waals surface area contributed by atoms with Gasteiger partial charge < -0.3 is 5.32 Å². The van der Waals surface area contributed by atoms with Gasteiger partial charge in [0.2, 0.25) is 5.91 Å². The highest BCUT2D eigenvalue weighted by atomic mass is 16.1. The van der Waals surface area contributed by atoms with Crippen LogP contribution in [0, 0.1) is 6.92 Å². The fourth-order valence-corrected chi connectivity index (χ4v) is 1.62. The van der Waals surface area contributed by atoms with Crippen LogP contribution in [0.4, 0.5) is 5.69 Å². The van der Waals surface area contributed by atoms with Crippen LogP contribution in [0.3, 0.4) is 0 Å². The summed E-state index contributed by atoms with van der Waals surface area (Å²) in [7, 11) is 0. The van der Waals surface area contributed by atoms with Gasteiger partial charge in [-0.3, -0.25) is 9.59 Å². The number of anilines is 1. The van der Waals surface area contributed by atoms with Gasteiger partial charge in [0.05, 0.1) is 16.9 Å². The van der Waals surface area contributed by atoms with Gasteiger partial charge in [-0.15, -0.1) is 0 Å². The molecule has 0 radical (unpaired) electrons. The Bertz CT molecular complexity index is 585. The zero-order valence-corrected chi connectivity index (χ0v) is 10.2. The van der Waals surface area contributed by atoms with Gasteiger partial charge in [-0.2, -0.15) is 5.10 Å². The van der Waals surface area contributed by atoms with Crippen molar-refractivity contribution >= 4 is 17.9 Å². The summed E-state index contributed by atoms with van der Waals surface area (Å²) in [4.78, 5) is 21.6. The summed E-state index contributed by atoms with van der Waals surface area (Å²) in [6.07, 6.45) is 2.46. The number of hydrogen-bond acceptors (Lipinski definition) is 3. The third-order valence-electron chi connectivity index (χ3n) is 2.52. The first-order chi connectivity index (χ1) is 8.60. The van der Waals surface area contributed by atoms with Gasteiger partial charge in [0, 0.05) is 18.8 Å². The molecule has 1 heterocycles. The van der Waals surface area contributed by atoms with Gasteiger partial charge in [-0.1, -0.05) is 0 Å². The molecule has 0 bridgehead atoms. The molecule has 0 saturated carbocycles. The normalized spacial score (nSPS) is 10.1. The number of rotatable bonds is 3. The smallest absolute Gasteiger partial charge is 0.221 e. The summed E-state index contributed by atoms with van der Waals surface area (Å²) in [5.74, 6) is -0.110. The van der Waals surface area contributed by atoms with Gasteiger partial charge >= 0.3 is 0 Å². The number of benzene rings is 1. The fourth-order valence-electron chi connectivity index (χ4n) is 1.62. The van der Waals surface area contributed by atoms with Crippen LogP contribution in [0.2, 0.25) is 0 Å². The molecule has 0 spiro atoms. The van der Waals surface area contributed by atoms with Crippen LogP contribution in [-0.2, 0) is 4.79 Å². The number of aromatic nitrogens is 2. The van der Waals surface area contributed by atoms with Gasteiger partial charge in [0.15, 0.2) is 6.29 Å². The minimum atomic E-state index is -0.110. The number of amides is 1. The van der Waals surface area contributed by atoms with E-state index in [1.807, 2.05) is 12.1 Å². The number of nitrogens with one attached hydrogen (secondary N) is 1. The molecule has 1 aromatic carbocycles. The molecule has 2 rings (SSSR count). The van der Waals surface area contributed by atoms with E-state index in [0.717, 1.165) is 17.7 Å². The van der Waals surface area contributed by atoms with Crippen molar-refractivity contribution in [1.82, 2.24) is 9.78 Å². The van der Waals surface area contributed by atoms with Crippen molar-refractivity contribution in [2.75, 3.05) is 5.32 Å². The molecule has 0 aliphatic heterocycles. The molecule has 2 aromatic rings. The van der Waals surface area contributed by atoms with E-state index in [-0.39, 0.29) is 5.91 Å². The SMILES string of the molecule is CC(=O)Nc1ccc(-n2cc(C=O)c(C)n2)cc1. The predicted molar refractivity (Wildman–Crippen MR) is 68.0 cm³/mol. The van der Waals surface area contributed by atoms with Gasteiger partial charge in [0.1, 0.15) is 0 Å². The third-order valence-corrected chi connectivity index (χ3v) is 2.52. The monoisotopic (exact) mass is 243 g/mol. The molecule has 0 unspecified atom stereocenters. The molecule has 1 aromatic heterocycles. The topological polar surface area (TPSA) is 64.0 Å². The van der Waals surface area contributed by atoms with Crippen LogP contribution in [0.1, 0.15) is 23.0 Å². The van der Waals surface area contributed by atoms with Crippen LogP contribution in [0.5, 0.6) is 0 Å². The Balaban J connectivity index is 2.28. The van der Waals surface area contributed by atoms with Crippen molar-refractivity contribution in [2.24, 2.45) is 0 Å². The second kappa shape index (κ2) is 4.83. The first-order valence-corrected chi connectivity index (χ1v) is 5.49. The average Bonchev–Trinajstić information content (AvgIpc) is 2.71. The summed E-state index contributed by atoms with van der Waals surface area (Å²) in [6.45, 7) is 3.24. The van der Waals surface area contributed by atoms with Crippen molar-refractivity contribution in [1.29, 1.82) is 0 Å². The van der Waals surface area contributed by atoms with Crippen molar-refractivity contribution in [2.45, 2.75) is 13.8 Å². The highest BCUT2D eigenvalue weighted by Gasteiger charge is 2.05. The zero-order valence-electron chi connectivity index (χ0n) is 10.2. The standard InChI is InChI=1S/C13H13N3O2/c1-9-11(8-17)7-16(15-9)13-5-3-12(4-6-13)14-10(2)18/h3-8H,1-2H3,(H,14,18). The van der Waals surface area contributed by atoms with Gasteiger partial charge in [-0.25, -0.2) is 4.68 Å². The number of aryl methyl sites for hydroxylation is 1. The van der Waals surface area contributed by atoms with E-state index in [1.165, 1.54) is 6.92 Å². The maximum atomic E-state index is 10.9. The highest BCUT2D eigenvalue weighted by Crippen LogP contribution is 2.14. The Kier molecular flexibility index (Phi) is 3.23. The molecular formula is C13H13N3O2. The summed E-state index contributed by atoms with van der Waals surface area (Å²) in [6, 6.07) is 7.22. The van der Waals surface area contributed by atoms with E-state index in [0.29, 0.717) is 11.3 Å². The molecule has 92 valence electrons. The Morgan fingerprint density at radius 3 is 2.50 bits per heavy atom. The van der Waals surface area contributed by atoms with E-state index in [1.54, 1.807) is 29.9 Å². The molecule has 0 atom stereocenters. The number of hydrogen-bond donors (Lipinski definition) is 1. The molecule has 1 N–H and O–H groups in total. The van der Waals surface area contributed by atoms with Gasteiger partial charge in [-0.05, 0) is 31.2 Å². The lowest BCUT2D eigenvalue weighted by molar-refractivity contribution is -0.114. The molecule has 18 heavy (non-hydrogen) atoms. The fraction of sp³-hybridized carbons (Fsp3) is 0.154. The number of carbonyl (C=O) groups excluding carboxylic acids is 2. The lowest BCUT2D eigenvalue weighted by Crippen LogP contribution is -2.05. The maximum absolute atomic E-state index is 10.9. The van der Waals surface area contributed by atoms with Crippen LogP contribution < -0.4 is 5.32 Å². The van der Waals surface area contributed by atoms with Crippen LogP contribution >= 0.6 is 0 Å². The Morgan fingerprint density at radius 2 is 2.00 bits per heavy atom. The third kappa shape index (κ3) is 2.45. The first kappa shape index (κ1) is 12.0. The Hall–Kier alpha value is -2.43.